The number of aromatic nitrogens is 2. The molecule has 1 amide bonds. The van der Waals surface area contributed by atoms with E-state index in [4.69, 9.17) is 4.74 Å². The molecule has 154 valence electrons. The number of anilines is 2. The van der Waals surface area contributed by atoms with Gasteiger partial charge in [0.1, 0.15) is 0 Å². The lowest BCUT2D eigenvalue weighted by molar-refractivity contribution is -0.134. The molecule has 0 radical (unpaired) electrons. The maximum absolute atomic E-state index is 12.4. The molecular weight excluding hydrogens is 370 g/mol. The Morgan fingerprint density at radius 3 is 2.21 bits per heavy atom. The fourth-order valence-corrected chi connectivity index (χ4v) is 3.31. The highest BCUT2D eigenvalue weighted by Gasteiger charge is 2.23. The van der Waals surface area contributed by atoms with E-state index in [9.17, 15) is 9.59 Å². The predicted octanol–water partition coefficient (Wildman–Crippen LogP) is 1.83. The van der Waals surface area contributed by atoms with Gasteiger partial charge in [0.05, 0.1) is 5.56 Å². The second-order valence-electron chi connectivity index (χ2n) is 6.71. The van der Waals surface area contributed by atoms with Crippen LogP contribution >= 0.6 is 0 Å². The Labute approximate surface area is 171 Å². The van der Waals surface area contributed by atoms with Crippen LogP contribution in [0.15, 0.2) is 42.7 Å². The van der Waals surface area contributed by atoms with Gasteiger partial charge in [-0.1, -0.05) is 0 Å². The van der Waals surface area contributed by atoms with Crippen molar-refractivity contribution in [2.45, 2.75) is 13.8 Å². The van der Waals surface area contributed by atoms with Crippen molar-refractivity contribution in [1.82, 2.24) is 14.9 Å². The number of carbonyl (C=O) groups excluding carboxylic acids is 2. The summed E-state index contributed by atoms with van der Waals surface area (Å²) in [5, 5.41) is 0. The SMILES string of the molecule is CCN(CC)c1ccc(C(=O)OCC(=O)N2CCN(c3ncccn3)CC2)cc1. The summed E-state index contributed by atoms with van der Waals surface area (Å²) in [6.07, 6.45) is 3.40. The quantitative estimate of drug-likeness (QED) is 0.660. The molecule has 0 spiro atoms. The van der Waals surface area contributed by atoms with Crippen molar-refractivity contribution in [2.75, 3.05) is 55.7 Å². The first-order valence-corrected chi connectivity index (χ1v) is 9.94. The monoisotopic (exact) mass is 397 g/mol. The number of nitrogens with zero attached hydrogens (tertiary/aromatic N) is 5. The van der Waals surface area contributed by atoms with E-state index in [2.05, 4.69) is 28.7 Å². The fourth-order valence-electron chi connectivity index (χ4n) is 3.31. The minimum Gasteiger partial charge on any atom is -0.452 e. The lowest BCUT2D eigenvalue weighted by Crippen LogP contribution is -2.50. The van der Waals surface area contributed by atoms with Gasteiger partial charge < -0.3 is 19.4 Å². The first-order valence-electron chi connectivity index (χ1n) is 9.94. The molecule has 1 aromatic carbocycles. The van der Waals surface area contributed by atoms with Gasteiger partial charge in [0.15, 0.2) is 6.61 Å². The molecule has 29 heavy (non-hydrogen) atoms. The molecule has 0 N–H and O–H groups in total. The molecule has 0 saturated carbocycles. The minimum atomic E-state index is -0.485. The van der Waals surface area contributed by atoms with E-state index in [1.807, 2.05) is 17.0 Å². The highest BCUT2D eigenvalue weighted by molar-refractivity contribution is 5.91. The van der Waals surface area contributed by atoms with Crippen molar-refractivity contribution in [3.05, 3.63) is 48.3 Å². The number of benzene rings is 1. The summed E-state index contributed by atoms with van der Waals surface area (Å²) in [6, 6.07) is 9.04. The molecule has 1 aliphatic heterocycles. The molecule has 1 saturated heterocycles. The summed E-state index contributed by atoms with van der Waals surface area (Å²) >= 11 is 0. The molecule has 8 nitrogen and oxygen atoms in total. The van der Waals surface area contributed by atoms with Crippen molar-refractivity contribution in [2.24, 2.45) is 0 Å². The summed E-state index contributed by atoms with van der Waals surface area (Å²) in [5.41, 5.74) is 1.50. The number of hydrogen-bond acceptors (Lipinski definition) is 7. The first-order chi connectivity index (χ1) is 14.1. The Bertz CT molecular complexity index is 801. The molecule has 1 aliphatic rings. The molecule has 3 rings (SSSR count). The van der Waals surface area contributed by atoms with Crippen LogP contribution < -0.4 is 9.80 Å². The highest BCUT2D eigenvalue weighted by Crippen LogP contribution is 2.16. The van der Waals surface area contributed by atoms with Crippen LogP contribution in [-0.2, 0) is 9.53 Å². The summed E-state index contributed by atoms with van der Waals surface area (Å²) in [5.74, 6) is -0.00769. The van der Waals surface area contributed by atoms with Gasteiger partial charge >= 0.3 is 5.97 Å². The van der Waals surface area contributed by atoms with E-state index >= 15 is 0 Å². The number of amides is 1. The third-order valence-electron chi connectivity index (χ3n) is 5.03. The van der Waals surface area contributed by atoms with E-state index in [1.54, 1.807) is 35.5 Å². The lowest BCUT2D eigenvalue weighted by atomic mass is 10.2. The zero-order valence-electron chi connectivity index (χ0n) is 17.0. The van der Waals surface area contributed by atoms with Gasteiger partial charge in [-0.25, -0.2) is 14.8 Å². The molecule has 2 heterocycles. The predicted molar refractivity (Wildman–Crippen MR) is 111 cm³/mol. The van der Waals surface area contributed by atoms with Gasteiger partial charge in [-0.3, -0.25) is 4.79 Å². The van der Waals surface area contributed by atoms with E-state index in [0.29, 0.717) is 37.7 Å². The van der Waals surface area contributed by atoms with Crippen molar-refractivity contribution < 1.29 is 14.3 Å². The third-order valence-corrected chi connectivity index (χ3v) is 5.03. The van der Waals surface area contributed by atoms with Crippen molar-refractivity contribution in [3.63, 3.8) is 0 Å². The molecule has 1 aromatic heterocycles. The minimum absolute atomic E-state index is 0.188. The molecular formula is C21H27N5O3. The van der Waals surface area contributed by atoms with Crippen LogP contribution in [0, 0.1) is 0 Å². The number of rotatable bonds is 7. The Kier molecular flexibility index (Phi) is 6.99. The van der Waals surface area contributed by atoms with Crippen molar-refractivity contribution in [3.8, 4) is 0 Å². The molecule has 0 unspecified atom stereocenters. The van der Waals surface area contributed by atoms with Crippen LogP contribution in [-0.4, -0.2) is 72.6 Å². The summed E-state index contributed by atoms with van der Waals surface area (Å²) in [6.45, 7) is 8.12. The van der Waals surface area contributed by atoms with E-state index in [1.165, 1.54) is 0 Å². The highest BCUT2D eigenvalue weighted by atomic mass is 16.5. The number of hydrogen-bond donors (Lipinski definition) is 0. The smallest absolute Gasteiger partial charge is 0.338 e. The normalized spacial score (nSPS) is 13.9. The summed E-state index contributed by atoms with van der Waals surface area (Å²) < 4.78 is 5.23. The van der Waals surface area contributed by atoms with Crippen molar-refractivity contribution in [1.29, 1.82) is 0 Å². The number of ether oxygens (including phenoxy) is 1. The van der Waals surface area contributed by atoms with Crippen LogP contribution in [0.2, 0.25) is 0 Å². The zero-order valence-corrected chi connectivity index (χ0v) is 17.0. The first kappa shape index (κ1) is 20.6. The number of carbonyl (C=O) groups is 2. The molecule has 2 aromatic rings. The van der Waals surface area contributed by atoms with Gasteiger partial charge in [-0.15, -0.1) is 0 Å². The van der Waals surface area contributed by atoms with Crippen molar-refractivity contribution >= 4 is 23.5 Å². The Morgan fingerprint density at radius 1 is 1.00 bits per heavy atom. The average Bonchev–Trinajstić information content (AvgIpc) is 2.79. The van der Waals surface area contributed by atoms with Gasteiger partial charge in [0.25, 0.3) is 5.91 Å². The Hall–Kier alpha value is -3.16. The van der Waals surface area contributed by atoms with Gasteiger partial charge in [0, 0.05) is 57.3 Å². The molecule has 0 atom stereocenters. The standard InChI is InChI=1S/C21H27N5O3/c1-3-24(4-2)18-8-6-17(7-9-18)20(28)29-16-19(27)25-12-14-26(15-13-25)21-22-10-5-11-23-21/h5-11H,3-4,12-16H2,1-2H3. The summed E-state index contributed by atoms with van der Waals surface area (Å²) in [7, 11) is 0. The molecule has 0 bridgehead atoms. The molecule has 8 heteroatoms. The van der Waals surface area contributed by atoms with Gasteiger partial charge in [-0.05, 0) is 44.2 Å². The Balaban J connectivity index is 1.46. The largest absolute Gasteiger partial charge is 0.452 e. The zero-order chi connectivity index (χ0) is 20.6. The van der Waals surface area contributed by atoms with E-state index in [-0.39, 0.29) is 12.5 Å². The average molecular weight is 397 g/mol. The number of esters is 1. The lowest BCUT2D eigenvalue weighted by Gasteiger charge is -2.34. The summed E-state index contributed by atoms with van der Waals surface area (Å²) in [4.78, 5) is 39.0. The topological polar surface area (TPSA) is 78.9 Å². The Morgan fingerprint density at radius 2 is 1.62 bits per heavy atom. The van der Waals surface area contributed by atoms with Crippen LogP contribution in [0.1, 0.15) is 24.2 Å². The van der Waals surface area contributed by atoms with E-state index < -0.39 is 5.97 Å². The van der Waals surface area contributed by atoms with Gasteiger partial charge in [0.2, 0.25) is 5.95 Å². The van der Waals surface area contributed by atoms with Crippen LogP contribution in [0.3, 0.4) is 0 Å². The second-order valence-corrected chi connectivity index (χ2v) is 6.71. The van der Waals surface area contributed by atoms with Gasteiger partial charge in [-0.2, -0.15) is 0 Å². The maximum atomic E-state index is 12.4. The second kappa shape index (κ2) is 9.86. The third kappa shape index (κ3) is 5.22. The fraction of sp³-hybridized carbons (Fsp3) is 0.429. The van der Waals surface area contributed by atoms with Crippen LogP contribution in [0.5, 0.6) is 0 Å². The molecule has 1 fully saturated rings. The number of piperazine rings is 1. The van der Waals surface area contributed by atoms with Crippen LogP contribution in [0.4, 0.5) is 11.6 Å². The molecule has 0 aliphatic carbocycles. The van der Waals surface area contributed by atoms with E-state index in [0.717, 1.165) is 18.8 Å². The maximum Gasteiger partial charge on any atom is 0.338 e. The van der Waals surface area contributed by atoms with Crippen LogP contribution in [0.25, 0.3) is 0 Å².